The average molecular weight is 361 g/mol. The highest BCUT2D eigenvalue weighted by Gasteiger charge is 2.23. The van der Waals surface area contributed by atoms with Gasteiger partial charge in [0.2, 0.25) is 5.91 Å². The molecule has 0 atom stereocenters. The fourth-order valence-corrected chi connectivity index (χ4v) is 3.20. The Balaban J connectivity index is 1.87. The van der Waals surface area contributed by atoms with Crippen LogP contribution in [0, 0.1) is 0 Å². The summed E-state index contributed by atoms with van der Waals surface area (Å²) in [6, 6.07) is 11.1. The van der Waals surface area contributed by atoms with Crippen LogP contribution in [0.15, 0.2) is 35.3 Å². The third kappa shape index (κ3) is 6.67. The Kier molecular flexibility index (Phi) is 8.41. The zero-order valence-corrected chi connectivity index (χ0v) is 16.2. The number of likely N-dealkylation sites (N-methyl/N-ethyl adjacent to an activating group) is 1. The van der Waals surface area contributed by atoms with Gasteiger partial charge in [0, 0.05) is 33.8 Å². The first-order chi connectivity index (χ1) is 12.6. The minimum atomic E-state index is -0.00868. The molecule has 0 spiro atoms. The maximum absolute atomic E-state index is 11.8. The van der Waals surface area contributed by atoms with Crippen LogP contribution in [-0.4, -0.2) is 63.7 Å². The van der Waals surface area contributed by atoms with Crippen molar-refractivity contribution in [1.29, 1.82) is 0 Å². The van der Waals surface area contributed by atoms with Crippen molar-refractivity contribution in [3.05, 3.63) is 35.9 Å². The molecule has 1 amide bonds. The zero-order chi connectivity index (χ0) is 18.8. The van der Waals surface area contributed by atoms with Gasteiger partial charge in [0.05, 0.1) is 6.61 Å². The first kappa shape index (κ1) is 20.2. The predicted octanol–water partition coefficient (Wildman–Crippen LogP) is 1.98. The van der Waals surface area contributed by atoms with Crippen LogP contribution >= 0.6 is 0 Å². The number of methoxy groups -OCH3 is 1. The normalized spacial score (nSPS) is 20.5. The molecule has 1 aliphatic carbocycles. The van der Waals surface area contributed by atoms with Crippen LogP contribution < -0.4 is 10.6 Å². The highest BCUT2D eigenvalue weighted by Crippen LogP contribution is 2.32. The second kappa shape index (κ2) is 10.8. The zero-order valence-electron chi connectivity index (χ0n) is 16.2. The maximum Gasteiger partial charge on any atom is 0.243 e. The van der Waals surface area contributed by atoms with E-state index in [4.69, 9.17) is 4.74 Å². The molecular weight excluding hydrogens is 328 g/mol. The molecule has 26 heavy (non-hydrogen) atoms. The quantitative estimate of drug-likeness (QED) is 0.443. The van der Waals surface area contributed by atoms with E-state index in [1.54, 1.807) is 26.1 Å². The fraction of sp³-hybridized carbons (Fsp3) is 0.600. The lowest BCUT2D eigenvalue weighted by atomic mass is 9.82. The number of nitrogens with one attached hydrogen (secondary N) is 2. The third-order valence-electron chi connectivity index (χ3n) is 4.81. The Morgan fingerprint density at radius 1 is 1.19 bits per heavy atom. The van der Waals surface area contributed by atoms with Gasteiger partial charge in [-0.2, -0.15) is 0 Å². The summed E-state index contributed by atoms with van der Waals surface area (Å²) in [5, 5.41) is 6.74. The number of hydrogen-bond acceptors (Lipinski definition) is 3. The van der Waals surface area contributed by atoms with Gasteiger partial charge in [-0.25, -0.2) is 4.99 Å². The van der Waals surface area contributed by atoms with Crippen molar-refractivity contribution >= 4 is 11.9 Å². The number of ether oxygens (including phenoxy) is 1. The second-order valence-electron chi connectivity index (χ2n) is 6.98. The van der Waals surface area contributed by atoms with Gasteiger partial charge in [-0.1, -0.05) is 30.3 Å². The molecule has 1 aromatic rings. The number of carbonyl (C=O) groups excluding carboxylic acids is 1. The topological polar surface area (TPSA) is 66.0 Å². The number of nitrogens with zero attached hydrogens (tertiary/aromatic N) is 2. The number of benzene rings is 1. The fourth-order valence-electron chi connectivity index (χ4n) is 3.20. The molecule has 0 bridgehead atoms. The summed E-state index contributed by atoms with van der Waals surface area (Å²) in [6.07, 6.45) is 4.55. The molecule has 0 heterocycles. The second-order valence-corrected chi connectivity index (χ2v) is 6.98. The van der Waals surface area contributed by atoms with Crippen LogP contribution in [0.5, 0.6) is 0 Å². The van der Waals surface area contributed by atoms with Gasteiger partial charge < -0.3 is 20.3 Å². The van der Waals surface area contributed by atoms with E-state index >= 15 is 0 Å². The van der Waals surface area contributed by atoms with Crippen molar-refractivity contribution in [1.82, 2.24) is 15.5 Å². The summed E-state index contributed by atoms with van der Waals surface area (Å²) >= 11 is 0. The monoisotopic (exact) mass is 360 g/mol. The SMILES string of the molecule is COCCNC(=NCC(=O)N(C)C)NC1CCC(c2ccccc2)CC1. The number of rotatable bonds is 7. The molecule has 1 aromatic carbocycles. The molecule has 0 aliphatic heterocycles. The minimum Gasteiger partial charge on any atom is -0.383 e. The van der Waals surface area contributed by atoms with E-state index in [-0.39, 0.29) is 12.5 Å². The number of guanidine groups is 1. The van der Waals surface area contributed by atoms with Crippen molar-refractivity contribution in [2.75, 3.05) is 40.9 Å². The summed E-state index contributed by atoms with van der Waals surface area (Å²) in [4.78, 5) is 17.8. The molecular formula is C20H32N4O2. The Bertz CT molecular complexity index is 566. The summed E-state index contributed by atoms with van der Waals surface area (Å²) in [5.74, 6) is 1.33. The van der Waals surface area contributed by atoms with Gasteiger partial charge in [-0.15, -0.1) is 0 Å². The maximum atomic E-state index is 11.8. The van der Waals surface area contributed by atoms with Crippen LogP contribution in [0.3, 0.4) is 0 Å². The van der Waals surface area contributed by atoms with Gasteiger partial charge in [0.1, 0.15) is 6.54 Å². The Morgan fingerprint density at radius 3 is 2.50 bits per heavy atom. The van der Waals surface area contributed by atoms with Crippen LogP contribution in [0.2, 0.25) is 0 Å². The Morgan fingerprint density at radius 2 is 1.88 bits per heavy atom. The van der Waals surface area contributed by atoms with Gasteiger partial charge in [0.25, 0.3) is 0 Å². The smallest absolute Gasteiger partial charge is 0.243 e. The van der Waals surface area contributed by atoms with Crippen LogP contribution in [0.25, 0.3) is 0 Å². The lowest BCUT2D eigenvalue weighted by Crippen LogP contribution is -2.46. The molecule has 0 unspecified atom stereocenters. The minimum absolute atomic E-state index is 0.00868. The molecule has 0 radical (unpaired) electrons. The van der Waals surface area contributed by atoms with E-state index in [9.17, 15) is 4.79 Å². The van der Waals surface area contributed by atoms with Crippen molar-refractivity contribution in [3.63, 3.8) is 0 Å². The van der Waals surface area contributed by atoms with Crippen LogP contribution in [0.1, 0.15) is 37.2 Å². The number of hydrogen-bond donors (Lipinski definition) is 2. The summed E-state index contributed by atoms with van der Waals surface area (Å²) in [5.41, 5.74) is 1.44. The molecule has 6 nitrogen and oxygen atoms in total. The molecule has 144 valence electrons. The van der Waals surface area contributed by atoms with Gasteiger partial charge in [-0.3, -0.25) is 4.79 Å². The van der Waals surface area contributed by atoms with E-state index in [1.165, 1.54) is 18.4 Å². The highest BCUT2D eigenvalue weighted by molar-refractivity contribution is 5.84. The van der Waals surface area contributed by atoms with E-state index < -0.39 is 0 Å². The lowest BCUT2D eigenvalue weighted by Gasteiger charge is -2.30. The van der Waals surface area contributed by atoms with Gasteiger partial charge in [-0.05, 0) is 37.2 Å². The van der Waals surface area contributed by atoms with Crippen LogP contribution in [-0.2, 0) is 9.53 Å². The molecule has 2 rings (SSSR count). The van der Waals surface area contributed by atoms with E-state index in [0.29, 0.717) is 31.1 Å². The number of amides is 1. The third-order valence-corrected chi connectivity index (χ3v) is 4.81. The van der Waals surface area contributed by atoms with Gasteiger partial charge >= 0.3 is 0 Å². The highest BCUT2D eigenvalue weighted by atomic mass is 16.5. The largest absolute Gasteiger partial charge is 0.383 e. The van der Waals surface area contributed by atoms with Crippen molar-refractivity contribution in [3.8, 4) is 0 Å². The number of carbonyl (C=O) groups is 1. The molecule has 1 fully saturated rings. The lowest BCUT2D eigenvalue weighted by molar-refractivity contribution is -0.127. The van der Waals surface area contributed by atoms with E-state index in [2.05, 4.69) is 46.0 Å². The Labute approximate surface area is 157 Å². The van der Waals surface area contributed by atoms with Crippen molar-refractivity contribution < 1.29 is 9.53 Å². The molecule has 0 saturated heterocycles. The van der Waals surface area contributed by atoms with Gasteiger partial charge in [0.15, 0.2) is 5.96 Å². The molecule has 1 saturated carbocycles. The molecule has 2 N–H and O–H groups in total. The summed E-state index contributed by atoms with van der Waals surface area (Å²) in [6.45, 7) is 1.41. The summed E-state index contributed by atoms with van der Waals surface area (Å²) < 4.78 is 5.09. The molecule has 0 aromatic heterocycles. The number of aliphatic imine (C=N–C) groups is 1. The summed E-state index contributed by atoms with van der Waals surface area (Å²) in [7, 11) is 5.16. The molecule has 1 aliphatic rings. The standard InChI is InChI=1S/C20H32N4O2/c1-24(2)19(25)15-22-20(21-13-14-26-3)23-18-11-9-17(10-12-18)16-7-5-4-6-8-16/h4-8,17-18H,9-15H2,1-3H3,(H2,21,22,23). The predicted molar refractivity (Wildman–Crippen MR) is 105 cm³/mol. The van der Waals surface area contributed by atoms with E-state index in [1.807, 2.05) is 0 Å². The van der Waals surface area contributed by atoms with Crippen molar-refractivity contribution in [2.24, 2.45) is 4.99 Å². The first-order valence-corrected chi connectivity index (χ1v) is 9.39. The molecule has 6 heteroatoms. The average Bonchev–Trinajstić information content (AvgIpc) is 2.67. The van der Waals surface area contributed by atoms with E-state index in [0.717, 1.165) is 12.8 Å². The Hall–Kier alpha value is -2.08. The first-order valence-electron chi connectivity index (χ1n) is 9.39. The van der Waals surface area contributed by atoms with Crippen LogP contribution in [0.4, 0.5) is 0 Å². The van der Waals surface area contributed by atoms with Crippen molar-refractivity contribution in [2.45, 2.75) is 37.6 Å².